The van der Waals surface area contributed by atoms with E-state index in [2.05, 4.69) is 27.5 Å². The van der Waals surface area contributed by atoms with Gasteiger partial charge in [-0.1, -0.05) is 40.7 Å². The maximum absolute atomic E-state index is 14.0. The highest BCUT2D eigenvalue weighted by molar-refractivity contribution is 9.10. The zero-order valence-corrected chi connectivity index (χ0v) is 26.7. The second kappa shape index (κ2) is 14.0. The SMILES string of the molecule is C=CCCC(C)(C)COC(=O)C[C@H](C(=O)N1C[C@H](OCc2cn3cccc(Br)c3n2)C[C@H]1C(=O)OCC)C(C)(C)C. The smallest absolute Gasteiger partial charge is 0.328 e. The van der Waals surface area contributed by atoms with E-state index < -0.39 is 29.3 Å². The first-order chi connectivity index (χ1) is 19.3. The van der Waals surface area contributed by atoms with E-state index in [1.807, 2.05) is 69.6 Å². The number of halogens is 1. The van der Waals surface area contributed by atoms with E-state index in [0.29, 0.717) is 6.42 Å². The van der Waals surface area contributed by atoms with Crippen molar-refractivity contribution in [2.75, 3.05) is 19.8 Å². The number of nitrogens with zero attached hydrogens (tertiary/aromatic N) is 3. The molecule has 1 saturated heterocycles. The lowest BCUT2D eigenvalue weighted by Crippen LogP contribution is -2.48. The first-order valence-corrected chi connectivity index (χ1v) is 15.0. The summed E-state index contributed by atoms with van der Waals surface area (Å²) in [6, 6.07) is 3.04. The summed E-state index contributed by atoms with van der Waals surface area (Å²) < 4.78 is 19.9. The van der Waals surface area contributed by atoms with E-state index >= 15 is 0 Å². The zero-order valence-electron chi connectivity index (χ0n) is 25.2. The number of likely N-dealkylation sites (tertiary alicyclic amines) is 1. The van der Waals surface area contributed by atoms with Crippen LogP contribution in [0.1, 0.15) is 72.9 Å². The Morgan fingerprint density at radius 1 is 1.22 bits per heavy atom. The molecule has 0 bridgehead atoms. The Morgan fingerprint density at radius 3 is 2.59 bits per heavy atom. The average Bonchev–Trinajstić information content (AvgIpc) is 3.53. The van der Waals surface area contributed by atoms with Gasteiger partial charge in [-0.05, 0) is 58.7 Å². The van der Waals surface area contributed by atoms with Gasteiger partial charge in [0.2, 0.25) is 5.91 Å². The van der Waals surface area contributed by atoms with Crippen LogP contribution in [0.4, 0.5) is 0 Å². The molecule has 1 aliphatic rings. The van der Waals surface area contributed by atoms with E-state index in [9.17, 15) is 14.4 Å². The number of aromatic nitrogens is 2. The second-order valence-electron chi connectivity index (χ2n) is 12.5. The van der Waals surface area contributed by atoms with E-state index in [-0.39, 0.29) is 50.2 Å². The summed E-state index contributed by atoms with van der Waals surface area (Å²) in [5, 5.41) is 0. The molecule has 0 aliphatic carbocycles. The zero-order chi connectivity index (χ0) is 30.4. The molecule has 0 radical (unpaired) electrons. The van der Waals surface area contributed by atoms with E-state index in [1.165, 1.54) is 4.90 Å². The van der Waals surface area contributed by atoms with Crippen LogP contribution in [0.3, 0.4) is 0 Å². The second-order valence-corrected chi connectivity index (χ2v) is 13.4. The lowest BCUT2D eigenvalue weighted by atomic mass is 9.77. The quantitative estimate of drug-likeness (QED) is 0.205. The van der Waals surface area contributed by atoms with E-state index in [4.69, 9.17) is 14.2 Å². The van der Waals surface area contributed by atoms with Crippen molar-refractivity contribution in [3.8, 4) is 0 Å². The molecule has 1 amide bonds. The topological polar surface area (TPSA) is 99.4 Å². The molecule has 0 unspecified atom stereocenters. The third-order valence-corrected chi connectivity index (χ3v) is 8.04. The van der Waals surface area contributed by atoms with Crippen molar-refractivity contribution in [1.82, 2.24) is 14.3 Å². The summed E-state index contributed by atoms with van der Waals surface area (Å²) in [6.45, 7) is 16.2. The van der Waals surface area contributed by atoms with Crippen molar-refractivity contribution < 1.29 is 28.6 Å². The highest BCUT2D eigenvalue weighted by Crippen LogP contribution is 2.35. The summed E-state index contributed by atoms with van der Waals surface area (Å²) in [4.78, 5) is 46.0. The number of fused-ring (bicyclic) bond motifs is 1. The van der Waals surface area contributed by atoms with Crippen LogP contribution in [-0.4, -0.2) is 64.0 Å². The molecule has 226 valence electrons. The largest absolute Gasteiger partial charge is 0.465 e. The number of ether oxygens (including phenoxy) is 3. The lowest BCUT2D eigenvalue weighted by Gasteiger charge is -2.34. The molecule has 3 heterocycles. The molecule has 10 heteroatoms. The molecule has 1 fully saturated rings. The number of pyridine rings is 1. The van der Waals surface area contributed by atoms with Crippen molar-refractivity contribution in [3.05, 3.63) is 47.3 Å². The maximum Gasteiger partial charge on any atom is 0.328 e. The van der Waals surface area contributed by atoms with E-state index in [0.717, 1.165) is 28.7 Å². The molecule has 2 aromatic rings. The molecule has 0 saturated carbocycles. The number of amides is 1. The fourth-order valence-electron chi connectivity index (χ4n) is 4.96. The van der Waals surface area contributed by atoms with Gasteiger partial charge in [0.25, 0.3) is 0 Å². The first-order valence-electron chi connectivity index (χ1n) is 14.2. The fourth-order valence-corrected chi connectivity index (χ4v) is 5.40. The Balaban J connectivity index is 1.72. The van der Waals surface area contributed by atoms with Gasteiger partial charge in [-0.15, -0.1) is 6.58 Å². The Morgan fingerprint density at radius 2 is 1.95 bits per heavy atom. The molecule has 3 rings (SSSR count). The number of carbonyl (C=O) groups excluding carboxylic acids is 3. The van der Waals surface area contributed by atoms with Gasteiger partial charge in [-0.25, -0.2) is 9.78 Å². The monoisotopic (exact) mass is 633 g/mol. The van der Waals surface area contributed by atoms with Crippen LogP contribution in [-0.2, 0) is 35.2 Å². The number of carbonyl (C=O) groups is 3. The van der Waals surface area contributed by atoms with Crippen LogP contribution in [0.15, 0.2) is 41.7 Å². The minimum Gasteiger partial charge on any atom is -0.465 e. The maximum atomic E-state index is 14.0. The number of allylic oxidation sites excluding steroid dienone is 1. The first kappa shape index (κ1) is 32.8. The minimum atomic E-state index is -0.790. The summed E-state index contributed by atoms with van der Waals surface area (Å²) >= 11 is 3.51. The Labute approximate surface area is 251 Å². The lowest BCUT2D eigenvalue weighted by molar-refractivity contribution is -0.158. The molecule has 9 nitrogen and oxygen atoms in total. The molecule has 3 atom stereocenters. The number of imidazole rings is 1. The van der Waals surface area contributed by atoms with Gasteiger partial charge < -0.3 is 23.5 Å². The summed E-state index contributed by atoms with van der Waals surface area (Å²) in [7, 11) is 0. The van der Waals surface area contributed by atoms with Crippen LogP contribution in [0.5, 0.6) is 0 Å². The van der Waals surface area contributed by atoms with Crippen LogP contribution in [0, 0.1) is 16.7 Å². The van der Waals surface area contributed by atoms with Gasteiger partial charge in [0.15, 0.2) is 5.65 Å². The normalized spacial score (nSPS) is 18.4. The highest BCUT2D eigenvalue weighted by atomic mass is 79.9. The average molecular weight is 635 g/mol. The van der Waals surface area contributed by atoms with Crippen LogP contribution in [0.25, 0.3) is 5.65 Å². The fraction of sp³-hybridized carbons (Fsp3) is 0.613. The van der Waals surface area contributed by atoms with Gasteiger partial charge >= 0.3 is 11.9 Å². The van der Waals surface area contributed by atoms with Gasteiger partial charge in [0, 0.05) is 25.4 Å². The summed E-state index contributed by atoms with van der Waals surface area (Å²) in [6.07, 6.45) is 7.16. The molecule has 41 heavy (non-hydrogen) atoms. The summed E-state index contributed by atoms with van der Waals surface area (Å²) in [5.74, 6) is -1.86. The standard InChI is InChI=1S/C31H44BrN3O6/c1-8-10-13-31(6,7)20-41-26(36)16-23(30(3,4)5)28(37)35-18-22(15-25(35)29(38)39-9-2)40-19-21-17-34-14-11-12-24(32)27(34)33-21/h8,11-12,14,17,22-23,25H,1,9-10,13,15-16,18-20H2,2-7H3/t22-,23-,25+/m1/s1. The van der Waals surface area contributed by atoms with Crippen LogP contribution in [0.2, 0.25) is 0 Å². The number of esters is 2. The van der Waals surface area contributed by atoms with Gasteiger partial charge in [-0.2, -0.15) is 0 Å². The Hall–Kier alpha value is -2.72. The molecule has 0 aromatic carbocycles. The van der Waals surface area contributed by atoms with Crippen molar-refractivity contribution >= 4 is 39.4 Å². The van der Waals surface area contributed by atoms with Gasteiger partial charge in [0.05, 0.1) is 48.4 Å². The number of rotatable bonds is 13. The molecule has 0 spiro atoms. The van der Waals surface area contributed by atoms with Crippen molar-refractivity contribution in [2.24, 2.45) is 16.7 Å². The van der Waals surface area contributed by atoms with Crippen molar-refractivity contribution in [3.63, 3.8) is 0 Å². The molecular weight excluding hydrogens is 590 g/mol. The molecule has 1 aliphatic heterocycles. The molecular formula is C31H44BrN3O6. The number of hydrogen-bond donors (Lipinski definition) is 0. The van der Waals surface area contributed by atoms with Crippen molar-refractivity contribution in [1.29, 1.82) is 0 Å². The number of hydrogen-bond acceptors (Lipinski definition) is 7. The predicted octanol–water partition coefficient (Wildman–Crippen LogP) is 5.73. The highest BCUT2D eigenvalue weighted by Gasteiger charge is 2.46. The van der Waals surface area contributed by atoms with Crippen LogP contribution < -0.4 is 0 Å². The Kier molecular flexibility index (Phi) is 11.2. The molecule has 0 N–H and O–H groups in total. The predicted molar refractivity (Wildman–Crippen MR) is 160 cm³/mol. The van der Waals surface area contributed by atoms with E-state index in [1.54, 1.807) is 6.92 Å². The summed E-state index contributed by atoms with van der Waals surface area (Å²) in [5.41, 5.74) is 0.774. The minimum absolute atomic E-state index is 0.0758. The Bertz CT molecular complexity index is 1230. The molecule has 2 aromatic heterocycles. The van der Waals surface area contributed by atoms with Gasteiger partial charge in [-0.3, -0.25) is 9.59 Å². The van der Waals surface area contributed by atoms with Crippen LogP contribution >= 0.6 is 15.9 Å². The van der Waals surface area contributed by atoms with Gasteiger partial charge in [0.1, 0.15) is 6.04 Å². The third kappa shape index (κ3) is 8.88. The third-order valence-electron chi connectivity index (χ3n) is 7.42. The van der Waals surface area contributed by atoms with Crippen molar-refractivity contribution in [2.45, 2.75) is 86.0 Å².